The van der Waals surface area contributed by atoms with E-state index in [1.165, 1.54) is 12.1 Å². The molecule has 0 spiro atoms. The highest BCUT2D eigenvalue weighted by molar-refractivity contribution is 6.20. The molecule has 0 aliphatic heterocycles. The molecule has 0 bridgehead atoms. The van der Waals surface area contributed by atoms with E-state index >= 15 is 0 Å². The van der Waals surface area contributed by atoms with Crippen LogP contribution in [0.4, 0.5) is 9.59 Å². The van der Waals surface area contributed by atoms with Crippen molar-refractivity contribution in [3.8, 4) is 0 Å². The van der Waals surface area contributed by atoms with Gasteiger partial charge in [0.1, 0.15) is 0 Å². The fraction of sp³-hybridized carbons (Fsp3) is 0.364. The Hall–Kier alpha value is -1.73. The number of carbonyl (C=O) groups excluding carboxylic acids is 2. The van der Waals surface area contributed by atoms with E-state index in [1.807, 2.05) is 0 Å². The second-order valence-electron chi connectivity index (χ2n) is 3.26. The number of aromatic nitrogens is 1. The van der Waals surface area contributed by atoms with Crippen LogP contribution in [0.3, 0.4) is 0 Å². The average molecular weight is 324 g/mol. The van der Waals surface area contributed by atoms with Crippen molar-refractivity contribution in [3.05, 3.63) is 29.6 Å². The topological polar surface area (TPSA) is 84.0 Å². The van der Waals surface area contributed by atoms with Gasteiger partial charge < -0.3 is 18.9 Å². The first-order valence-corrected chi connectivity index (χ1v) is 6.09. The lowest BCUT2D eigenvalue weighted by Crippen LogP contribution is -2.11. The van der Waals surface area contributed by atoms with Crippen LogP contribution in [0.15, 0.2) is 18.2 Å². The van der Waals surface area contributed by atoms with Crippen molar-refractivity contribution in [2.75, 3.05) is 14.2 Å². The number of rotatable bonds is 4. The minimum absolute atomic E-state index is 0.202. The predicted molar refractivity (Wildman–Crippen MR) is 68.4 cm³/mol. The Labute approximate surface area is 124 Å². The normalized spacial score (nSPS) is 13.0. The molecule has 0 N–H and O–H groups in total. The van der Waals surface area contributed by atoms with Crippen molar-refractivity contribution in [1.29, 1.82) is 0 Å². The molecule has 110 valence electrons. The monoisotopic (exact) mass is 323 g/mol. The van der Waals surface area contributed by atoms with E-state index in [2.05, 4.69) is 23.9 Å². The predicted octanol–water partition coefficient (Wildman–Crippen LogP) is 3.12. The Bertz CT molecular complexity index is 444. The molecule has 0 amide bonds. The Morgan fingerprint density at radius 2 is 1.40 bits per heavy atom. The molecule has 2 unspecified atom stereocenters. The van der Waals surface area contributed by atoms with Crippen LogP contribution in [0, 0.1) is 0 Å². The van der Waals surface area contributed by atoms with Crippen molar-refractivity contribution in [1.82, 2.24) is 4.98 Å². The quantitative estimate of drug-likeness (QED) is 0.621. The summed E-state index contributed by atoms with van der Waals surface area (Å²) in [4.78, 5) is 25.9. The number of hydrogen-bond donors (Lipinski definition) is 0. The van der Waals surface area contributed by atoms with Gasteiger partial charge in [0.25, 0.3) is 0 Å². The maximum Gasteiger partial charge on any atom is 0.509 e. The SMILES string of the molecule is COC(=O)OC(Cl)c1cccc(C(Cl)OC(=O)OC)n1. The molecule has 9 heteroatoms. The number of methoxy groups -OCH3 is 2. The summed E-state index contributed by atoms with van der Waals surface area (Å²) in [7, 11) is 2.30. The average Bonchev–Trinajstić information content (AvgIpc) is 2.46. The van der Waals surface area contributed by atoms with Crippen LogP contribution in [0.5, 0.6) is 0 Å². The zero-order valence-electron chi connectivity index (χ0n) is 10.5. The molecule has 0 aromatic carbocycles. The maximum absolute atomic E-state index is 10.9. The summed E-state index contributed by atoms with van der Waals surface area (Å²) in [6.45, 7) is 0. The molecule has 0 saturated carbocycles. The highest BCUT2D eigenvalue weighted by Gasteiger charge is 2.19. The molecule has 0 radical (unpaired) electrons. The van der Waals surface area contributed by atoms with Crippen LogP contribution in [-0.4, -0.2) is 31.5 Å². The van der Waals surface area contributed by atoms with E-state index < -0.39 is 23.4 Å². The van der Waals surface area contributed by atoms with Crippen LogP contribution in [-0.2, 0) is 18.9 Å². The summed E-state index contributed by atoms with van der Waals surface area (Å²) in [5, 5.41) is 0. The Kier molecular flexibility index (Phi) is 6.33. The minimum Gasteiger partial charge on any atom is -0.438 e. The van der Waals surface area contributed by atoms with E-state index in [-0.39, 0.29) is 11.4 Å². The summed E-state index contributed by atoms with van der Waals surface area (Å²) in [5.74, 6) is 0. The fourth-order valence-corrected chi connectivity index (χ4v) is 1.50. The first-order chi connectivity index (χ1) is 9.47. The smallest absolute Gasteiger partial charge is 0.438 e. The Morgan fingerprint density at radius 3 is 1.75 bits per heavy atom. The molecule has 0 aliphatic rings. The van der Waals surface area contributed by atoms with Crippen molar-refractivity contribution < 1.29 is 28.5 Å². The van der Waals surface area contributed by atoms with Gasteiger partial charge in [0.05, 0.1) is 25.6 Å². The van der Waals surface area contributed by atoms with Gasteiger partial charge in [0, 0.05) is 0 Å². The van der Waals surface area contributed by atoms with E-state index in [1.54, 1.807) is 6.07 Å². The summed E-state index contributed by atoms with van der Waals surface area (Å²) in [5.41, 5.74) is -1.92. The Balaban J connectivity index is 2.79. The van der Waals surface area contributed by atoms with Gasteiger partial charge in [-0.05, 0) is 12.1 Å². The largest absolute Gasteiger partial charge is 0.509 e. The number of pyridine rings is 1. The van der Waals surface area contributed by atoms with E-state index in [4.69, 9.17) is 23.2 Å². The molecule has 0 fully saturated rings. The van der Waals surface area contributed by atoms with Crippen molar-refractivity contribution in [2.24, 2.45) is 0 Å². The molecule has 1 aromatic heterocycles. The van der Waals surface area contributed by atoms with Gasteiger partial charge in [-0.25, -0.2) is 14.6 Å². The molecular formula is C11H11Cl2NO6. The zero-order valence-corrected chi connectivity index (χ0v) is 12.1. The molecule has 2 atom stereocenters. The van der Waals surface area contributed by atoms with Gasteiger partial charge in [-0.3, -0.25) is 0 Å². The summed E-state index contributed by atoms with van der Waals surface area (Å²) >= 11 is 11.7. The molecule has 0 aliphatic carbocycles. The standard InChI is InChI=1S/C11H11Cl2NO6/c1-17-10(15)19-8(12)6-4-3-5-7(14-6)9(13)20-11(16)18-2/h3-5,8-9H,1-2H3. The van der Waals surface area contributed by atoms with Crippen molar-refractivity contribution >= 4 is 35.5 Å². The van der Waals surface area contributed by atoms with Crippen molar-refractivity contribution in [3.63, 3.8) is 0 Å². The second-order valence-corrected chi connectivity index (χ2v) is 4.06. The molecule has 7 nitrogen and oxygen atoms in total. The third-order valence-corrected chi connectivity index (χ3v) is 2.62. The summed E-state index contributed by atoms with van der Waals surface area (Å²) < 4.78 is 18.0. The van der Waals surface area contributed by atoms with Crippen LogP contribution in [0.1, 0.15) is 22.5 Å². The van der Waals surface area contributed by atoms with E-state index in [0.29, 0.717) is 0 Å². The number of alkyl halides is 2. The molecular weight excluding hydrogens is 313 g/mol. The van der Waals surface area contributed by atoms with Crippen molar-refractivity contribution in [2.45, 2.75) is 11.1 Å². The summed E-state index contributed by atoms with van der Waals surface area (Å²) in [6.07, 6.45) is -1.91. The van der Waals surface area contributed by atoms with Crippen LogP contribution < -0.4 is 0 Å². The van der Waals surface area contributed by atoms with Gasteiger partial charge in [-0.1, -0.05) is 29.3 Å². The molecule has 1 heterocycles. The number of halogens is 2. The van der Waals surface area contributed by atoms with Gasteiger partial charge in [0.15, 0.2) is 0 Å². The molecule has 1 aromatic rings. The second kappa shape index (κ2) is 7.76. The van der Waals surface area contributed by atoms with Gasteiger partial charge in [-0.2, -0.15) is 0 Å². The number of nitrogens with zero attached hydrogens (tertiary/aromatic N) is 1. The lowest BCUT2D eigenvalue weighted by Gasteiger charge is -2.13. The zero-order chi connectivity index (χ0) is 15.1. The number of hydrogen-bond acceptors (Lipinski definition) is 7. The maximum atomic E-state index is 10.9. The molecule has 0 saturated heterocycles. The fourth-order valence-electron chi connectivity index (χ4n) is 1.11. The number of ether oxygens (including phenoxy) is 4. The van der Waals surface area contributed by atoms with Gasteiger partial charge in [-0.15, -0.1) is 0 Å². The highest BCUT2D eigenvalue weighted by atomic mass is 35.5. The third-order valence-electron chi connectivity index (χ3n) is 1.99. The van der Waals surface area contributed by atoms with Gasteiger partial charge >= 0.3 is 12.3 Å². The number of carbonyl (C=O) groups is 2. The van der Waals surface area contributed by atoms with Gasteiger partial charge in [0.2, 0.25) is 11.1 Å². The highest BCUT2D eigenvalue weighted by Crippen LogP contribution is 2.25. The van der Waals surface area contributed by atoms with Crippen LogP contribution in [0.2, 0.25) is 0 Å². The van der Waals surface area contributed by atoms with Crippen LogP contribution in [0.25, 0.3) is 0 Å². The molecule has 1 rings (SSSR count). The lowest BCUT2D eigenvalue weighted by molar-refractivity contribution is 0.0590. The van der Waals surface area contributed by atoms with Crippen LogP contribution >= 0.6 is 23.2 Å². The van der Waals surface area contributed by atoms with E-state index in [0.717, 1.165) is 14.2 Å². The first kappa shape index (κ1) is 16.3. The minimum atomic E-state index is -1.16. The third kappa shape index (κ3) is 4.75. The van der Waals surface area contributed by atoms with E-state index in [9.17, 15) is 9.59 Å². The lowest BCUT2D eigenvalue weighted by atomic mass is 10.3. The Morgan fingerprint density at radius 1 is 1.00 bits per heavy atom. The molecule has 20 heavy (non-hydrogen) atoms. The summed E-state index contributed by atoms with van der Waals surface area (Å²) in [6, 6.07) is 4.57. The first-order valence-electron chi connectivity index (χ1n) is 5.22.